The third-order valence-corrected chi connectivity index (χ3v) is 3.20. The van der Waals surface area contributed by atoms with E-state index in [4.69, 9.17) is 10.5 Å². The van der Waals surface area contributed by atoms with Crippen molar-refractivity contribution < 1.29 is 19.3 Å². The minimum atomic E-state index is -3.53. The summed E-state index contributed by atoms with van der Waals surface area (Å²) in [5, 5.41) is 9.24. The Labute approximate surface area is 114 Å². The normalized spacial score (nSPS) is 16.1. The van der Waals surface area contributed by atoms with E-state index in [9.17, 15) is 14.6 Å². The van der Waals surface area contributed by atoms with Crippen LogP contribution in [0.2, 0.25) is 0 Å². The number of hydrogen-bond donors (Lipinski definition) is 2. The van der Waals surface area contributed by atoms with Crippen molar-refractivity contribution in [2.75, 3.05) is 25.4 Å². The number of imidazole rings is 1. The van der Waals surface area contributed by atoms with Crippen molar-refractivity contribution in [3.05, 3.63) is 12.7 Å². The smallest absolute Gasteiger partial charge is 0.165 e. The average molecular weight is 300 g/mol. The number of nitrogens with zero attached hydrogens (tertiary/aromatic N) is 4. The summed E-state index contributed by atoms with van der Waals surface area (Å²) in [4.78, 5) is 23.0. The van der Waals surface area contributed by atoms with Crippen molar-refractivity contribution in [2.45, 2.75) is 12.6 Å². The van der Waals surface area contributed by atoms with E-state index in [-0.39, 0.29) is 19.0 Å². The lowest BCUT2D eigenvalue weighted by Gasteiger charge is -2.22. The number of rotatable bonds is 6. The Bertz CT molecular complexity index is 640. The van der Waals surface area contributed by atoms with E-state index in [2.05, 4.69) is 15.0 Å². The minimum Gasteiger partial charge on any atom is -0.798 e. The second kappa shape index (κ2) is 5.84. The Balaban J connectivity index is 2.14. The molecule has 0 spiro atoms. The number of aliphatic hydroxyl groups excluding tert-OH is 1. The lowest BCUT2D eigenvalue weighted by molar-refractivity contribution is -0.180. The van der Waals surface area contributed by atoms with Crippen LogP contribution in [0.4, 0.5) is 5.82 Å². The predicted molar refractivity (Wildman–Crippen MR) is 70.1 cm³/mol. The summed E-state index contributed by atoms with van der Waals surface area (Å²) in [6.07, 6.45) is 1.69. The maximum atomic E-state index is 11.1. The van der Waals surface area contributed by atoms with Crippen LogP contribution in [0.3, 0.4) is 0 Å². The first-order valence-corrected chi connectivity index (χ1v) is 8.07. The minimum absolute atomic E-state index is 0.212. The number of aliphatic hydroxyl groups is 1. The molecule has 0 amide bonds. The summed E-state index contributed by atoms with van der Waals surface area (Å²) in [5.41, 5.74) is 6.62. The maximum absolute atomic E-state index is 11.1. The summed E-state index contributed by atoms with van der Waals surface area (Å²) in [5.74, 6) is 0.257. The SMILES string of the molecule is CP(=O)([O-])CO[C@H](CO)Cn1cnc2c(N)ncnc21. The molecule has 0 fully saturated rings. The fourth-order valence-corrected chi connectivity index (χ4v) is 2.14. The van der Waals surface area contributed by atoms with Crippen LogP contribution in [0.5, 0.6) is 0 Å². The molecule has 0 radical (unpaired) electrons. The second-order valence-corrected chi connectivity index (χ2v) is 6.73. The quantitative estimate of drug-likeness (QED) is 0.648. The lowest BCUT2D eigenvalue weighted by Crippen LogP contribution is -2.25. The monoisotopic (exact) mass is 300 g/mol. The molecule has 0 aliphatic heterocycles. The number of nitrogens with two attached hydrogens (primary N) is 1. The Morgan fingerprint density at radius 3 is 2.95 bits per heavy atom. The van der Waals surface area contributed by atoms with Gasteiger partial charge in [-0.3, -0.25) is 0 Å². The first-order valence-electron chi connectivity index (χ1n) is 5.82. The van der Waals surface area contributed by atoms with Crippen molar-refractivity contribution in [3.63, 3.8) is 0 Å². The molecule has 2 atom stereocenters. The maximum Gasteiger partial charge on any atom is 0.165 e. The third kappa shape index (κ3) is 3.51. The summed E-state index contributed by atoms with van der Waals surface area (Å²) < 4.78 is 17.9. The zero-order chi connectivity index (χ0) is 14.8. The molecule has 2 heterocycles. The molecule has 110 valence electrons. The molecule has 0 saturated heterocycles. The third-order valence-electron chi connectivity index (χ3n) is 2.58. The highest BCUT2D eigenvalue weighted by Crippen LogP contribution is 2.29. The molecule has 2 aromatic rings. The molecule has 1 unspecified atom stereocenters. The summed E-state index contributed by atoms with van der Waals surface area (Å²) in [7, 11) is -3.53. The Kier molecular flexibility index (Phi) is 4.34. The molecule has 9 nitrogen and oxygen atoms in total. The first-order chi connectivity index (χ1) is 9.40. The van der Waals surface area contributed by atoms with Crippen LogP contribution in [-0.4, -0.2) is 50.3 Å². The molecule has 2 aromatic heterocycles. The van der Waals surface area contributed by atoms with Crippen LogP contribution in [-0.2, 0) is 15.8 Å². The van der Waals surface area contributed by atoms with Gasteiger partial charge in [0.05, 0.1) is 31.9 Å². The van der Waals surface area contributed by atoms with E-state index in [1.807, 2.05) is 0 Å². The molecule has 20 heavy (non-hydrogen) atoms. The van der Waals surface area contributed by atoms with Crippen LogP contribution >= 0.6 is 7.37 Å². The van der Waals surface area contributed by atoms with Crippen LogP contribution in [0, 0.1) is 0 Å². The molecular weight excluding hydrogens is 285 g/mol. The Morgan fingerprint density at radius 1 is 1.55 bits per heavy atom. The number of anilines is 1. The number of ether oxygens (including phenoxy) is 1. The van der Waals surface area contributed by atoms with E-state index >= 15 is 0 Å². The highest BCUT2D eigenvalue weighted by atomic mass is 31.2. The van der Waals surface area contributed by atoms with Crippen molar-refractivity contribution in [2.24, 2.45) is 0 Å². The topological polar surface area (TPSA) is 139 Å². The van der Waals surface area contributed by atoms with Crippen molar-refractivity contribution in [3.8, 4) is 0 Å². The van der Waals surface area contributed by atoms with E-state index in [1.54, 1.807) is 4.57 Å². The van der Waals surface area contributed by atoms with Crippen LogP contribution in [0.1, 0.15) is 0 Å². The number of hydrogen-bond acceptors (Lipinski definition) is 8. The van der Waals surface area contributed by atoms with Gasteiger partial charge in [0.15, 0.2) is 11.5 Å². The van der Waals surface area contributed by atoms with Gasteiger partial charge in [0.2, 0.25) is 0 Å². The first kappa shape index (κ1) is 14.9. The van der Waals surface area contributed by atoms with Crippen molar-refractivity contribution in [1.29, 1.82) is 0 Å². The van der Waals surface area contributed by atoms with Gasteiger partial charge in [0, 0.05) is 7.37 Å². The summed E-state index contributed by atoms with van der Waals surface area (Å²) in [6, 6.07) is 0. The molecule has 2 rings (SSSR count). The Hall–Kier alpha value is -1.54. The zero-order valence-electron chi connectivity index (χ0n) is 10.8. The second-order valence-electron chi connectivity index (χ2n) is 4.44. The molecule has 0 bridgehead atoms. The lowest BCUT2D eigenvalue weighted by atomic mass is 10.3. The number of aromatic nitrogens is 4. The standard InChI is InChI=1S/C10H16N5O4P/c1-20(17,18)6-19-7(3-16)2-15-5-14-8-9(11)12-4-13-10(8)15/h4-5,7,16H,2-3,6H2,1H3,(H,17,18)(H2,11,12,13)/p-1/t7-/m0/s1. The fraction of sp³-hybridized carbons (Fsp3) is 0.500. The highest BCUT2D eigenvalue weighted by Gasteiger charge is 2.14. The van der Waals surface area contributed by atoms with Crippen molar-refractivity contribution in [1.82, 2.24) is 19.5 Å². The molecule has 0 aliphatic rings. The van der Waals surface area contributed by atoms with Crippen LogP contribution in [0.25, 0.3) is 11.2 Å². The van der Waals surface area contributed by atoms with Gasteiger partial charge in [-0.1, -0.05) is 0 Å². The van der Waals surface area contributed by atoms with Crippen LogP contribution < -0.4 is 10.6 Å². The van der Waals surface area contributed by atoms with Gasteiger partial charge in [-0.2, -0.15) is 0 Å². The van der Waals surface area contributed by atoms with Gasteiger partial charge >= 0.3 is 0 Å². The van der Waals surface area contributed by atoms with Gasteiger partial charge in [-0.15, -0.1) is 0 Å². The zero-order valence-corrected chi connectivity index (χ0v) is 11.7. The fourth-order valence-electron chi connectivity index (χ4n) is 1.66. The predicted octanol–water partition coefficient (Wildman–Crippen LogP) is -0.988. The number of nitrogen functional groups attached to an aromatic ring is 1. The summed E-state index contributed by atoms with van der Waals surface area (Å²) in [6.45, 7) is 0.978. The highest BCUT2D eigenvalue weighted by molar-refractivity contribution is 7.55. The van der Waals surface area contributed by atoms with Crippen LogP contribution in [0.15, 0.2) is 12.7 Å². The average Bonchev–Trinajstić information content (AvgIpc) is 2.78. The molecule has 3 N–H and O–H groups in total. The van der Waals surface area contributed by atoms with E-state index < -0.39 is 19.8 Å². The van der Waals surface area contributed by atoms with Crippen molar-refractivity contribution >= 4 is 24.4 Å². The molecule has 0 aliphatic carbocycles. The molecular formula is C10H15N5O4P-. The molecule has 10 heteroatoms. The van der Waals surface area contributed by atoms with E-state index in [0.717, 1.165) is 6.66 Å². The molecule has 0 aromatic carbocycles. The van der Waals surface area contributed by atoms with Gasteiger partial charge in [0.1, 0.15) is 11.8 Å². The summed E-state index contributed by atoms with van der Waals surface area (Å²) >= 11 is 0. The van der Waals surface area contributed by atoms with Gasteiger partial charge < -0.3 is 29.6 Å². The largest absolute Gasteiger partial charge is 0.798 e. The Morgan fingerprint density at radius 2 is 2.30 bits per heavy atom. The van der Waals surface area contributed by atoms with E-state index in [1.165, 1.54) is 12.7 Å². The molecule has 0 saturated carbocycles. The van der Waals surface area contributed by atoms with Gasteiger partial charge in [0.25, 0.3) is 0 Å². The van der Waals surface area contributed by atoms with Gasteiger partial charge in [-0.05, 0) is 6.66 Å². The van der Waals surface area contributed by atoms with Gasteiger partial charge in [-0.25, -0.2) is 15.0 Å². The van der Waals surface area contributed by atoms with E-state index in [0.29, 0.717) is 11.2 Å². The number of fused-ring (bicyclic) bond motifs is 1.